The standard InChI is InChI=1S/C14H16N4O2/c1-9-14(19)17-12-5-11(3-4-13(12)20-9)15-6-10-7-16-18(2)8-10/h3-5,7-9,15H,6H2,1-2H3,(H,17,19). The normalized spacial score (nSPS) is 17.1. The molecule has 6 nitrogen and oxygen atoms in total. The Kier molecular flexibility index (Phi) is 3.06. The first-order valence-electron chi connectivity index (χ1n) is 6.45. The topological polar surface area (TPSA) is 68.2 Å². The molecule has 20 heavy (non-hydrogen) atoms. The van der Waals surface area contributed by atoms with Gasteiger partial charge in [-0.2, -0.15) is 5.10 Å². The Hall–Kier alpha value is -2.50. The smallest absolute Gasteiger partial charge is 0.265 e. The number of fused-ring (bicyclic) bond motifs is 1. The van der Waals surface area contributed by atoms with E-state index in [0.29, 0.717) is 18.0 Å². The maximum absolute atomic E-state index is 11.6. The van der Waals surface area contributed by atoms with Crippen molar-refractivity contribution in [3.05, 3.63) is 36.2 Å². The van der Waals surface area contributed by atoms with E-state index < -0.39 is 6.10 Å². The van der Waals surface area contributed by atoms with Crippen LogP contribution in [-0.4, -0.2) is 21.8 Å². The highest BCUT2D eigenvalue weighted by Crippen LogP contribution is 2.32. The molecule has 1 atom stereocenters. The van der Waals surface area contributed by atoms with Gasteiger partial charge in [-0.3, -0.25) is 9.48 Å². The molecule has 1 aliphatic heterocycles. The zero-order chi connectivity index (χ0) is 14.1. The summed E-state index contributed by atoms with van der Waals surface area (Å²) in [7, 11) is 1.89. The third-order valence-corrected chi connectivity index (χ3v) is 3.17. The molecule has 1 amide bonds. The molecule has 0 saturated heterocycles. The Bertz CT molecular complexity index is 650. The van der Waals surface area contributed by atoms with E-state index in [1.165, 1.54) is 0 Å². The molecule has 2 aromatic rings. The minimum atomic E-state index is -0.447. The van der Waals surface area contributed by atoms with Gasteiger partial charge in [-0.05, 0) is 25.1 Å². The molecule has 2 heterocycles. The lowest BCUT2D eigenvalue weighted by Gasteiger charge is -2.23. The van der Waals surface area contributed by atoms with Crippen molar-refractivity contribution in [2.75, 3.05) is 10.6 Å². The van der Waals surface area contributed by atoms with Gasteiger partial charge in [-0.25, -0.2) is 0 Å². The fourth-order valence-corrected chi connectivity index (χ4v) is 2.09. The number of aryl methyl sites for hydroxylation is 1. The summed E-state index contributed by atoms with van der Waals surface area (Å²) in [6.07, 6.45) is 3.33. The van der Waals surface area contributed by atoms with Gasteiger partial charge in [-0.1, -0.05) is 0 Å². The number of rotatable bonds is 3. The van der Waals surface area contributed by atoms with Crippen LogP contribution >= 0.6 is 0 Å². The first-order valence-corrected chi connectivity index (χ1v) is 6.45. The van der Waals surface area contributed by atoms with Crippen LogP contribution in [0.3, 0.4) is 0 Å². The highest BCUT2D eigenvalue weighted by atomic mass is 16.5. The molecule has 1 aromatic carbocycles. The van der Waals surface area contributed by atoms with E-state index in [-0.39, 0.29) is 5.91 Å². The number of nitrogens with one attached hydrogen (secondary N) is 2. The van der Waals surface area contributed by atoms with Crippen LogP contribution in [0, 0.1) is 0 Å². The molecule has 0 fully saturated rings. The van der Waals surface area contributed by atoms with Crippen molar-refractivity contribution in [3.63, 3.8) is 0 Å². The molecule has 0 bridgehead atoms. The summed E-state index contributed by atoms with van der Waals surface area (Å²) in [5.41, 5.74) is 2.72. The van der Waals surface area contributed by atoms with Crippen LogP contribution in [0.5, 0.6) is 5.75 Å². The van der Waals surface area contributed by atoms with Crippen molar-refractivity contribution in [2.45, 2.75) is 19.6 Å². The average Bonchev–Trinajstić information content (AvgIpc) is 2.84. The Balaban J connectivity index is 1.72. The van der Waals surface area contributed by atoms with Gasteiger partial charge in [0, 0.05) is 31.0 Å². The minimum absolute atomic E-state index is 0.123. The van der Waals surface area contributed by atoms with E-state index in [1.807, 2.05) is 37.6 Å². The molecule has 0 aliphatic carbocycles. The Morgan fingerprint density at radius 3 is 3.10 bits per heavy atom. The highest BCUT2D eigenvalue weighted by Gasteiger charge is 2.23. The summed E-state index contributed by atoms with van der Waals surface area (Å²) >= 11 is 0. The number of carbonyl (C=O) groups is 1. The Morgan fingerprint density at radius 1 is 1.50 bits per heavy atom. The number of benzene rings is 1. The number of hydrogen-bond donors (Lipinski definition) is 2. The lowest BCUT2D eigenvalue weighted by molar-refractivity contribution is -0.122. The van der Waals surface area contributed by atoms with Crippen LogP contribution in [-0.2, 0) is 18.4 Å². The predicted octanol–water partition coefficient (Wildman–Crippen LogP) is 1.75. The Morgan fingerprint density at radius 2 is 2.35 bits per heavy atom. The van der Waals surface area contributed by atoms with Crippen molar-refractivity contribution in [2.24, 2.45) is 7.05 Å². The SMILES string of the molecule is CC1Oc2ccc(NCc3cnn(C)c3)cc2NC1=O. The first-order chi connectivity index (χ1) is 9.61. The number of hydrogen-bond acceptors (Lipinski definition) is 4. The van der Waals surface area contributed by atoms with E-state index in [4.69, 9.17) is 4.74 Å². The van der Waals surface area contributed by atoms with E-state index in [1.54, 1.807) is 11.6 Å². The molecular weight excluding hydrogens is 256 g/mol. The van der Waals surface area contributed by atoms with Gasteiger partial charge in [0.2, 0.25) is 0 Å². The number of anilines is 2. The second-order valence-corrected chi connectivity index (χ2v) is 4.84. The van der Waals surface area contributed by atoms with Gasteiger partial charge in [0.1, 0.15) is 5.75 Å². The van der Waals surface area contributed by atoms with E-state index in [9.17, 15) is 4.79 Å². The minimum Gasteiger partial charge on any atom is -0.479 e. The first kappa shape index (κ1) is 12.5. The molecule has 0 radical (unpaired) electrons. The van der Waals surface area contributed by atoms with Gasteiger partial charge in [0.25, 0.3) is 5.91 Å². The van der Waals surface area contributed by atoms with Crippen LogP contribution in [0.25, 0.3) is 0 Å². The number of aromatic nitrogens is 2. The molecular formula is C14H16N4O2. The summed E-state index contributed by atoms with van der Waals surface area (Å²) in [5, 5.41) is 10.2. The fourth-order valence-electron chi connectivity index (χ4n) is 2.09. The third-order valence-electron chi connectivity index (χ3n) is 3.17. The lowest BCUT2D eigenvalue weighted by atomic mass is 10.2. The van der Waals surface area contributed by atoms with Crippen LogP contribution in [0.15, 0.2) is 30.6 Å². The van der Waals surface area contributed by atoms with Gasteiger partial charge in [0.15, 0.2) is 6.10 Å². The number of ether oxygens (including phenoxy) is 1. The fraction of sp³-hybridized carbons (Fsp3) is 0.286. The number of amides is 1. The maximum Gasteiger partial charge on any atom is 0.265 e. The van der Waals surface area contributed by atoms with Gasteiger partial charge in [-0.15, -0.1) is 0 Å². The average molecular weight is 272 g/mol. The van der Waals surface area contributed by atoms with Crippen LogP contribution in [0.4, 0.5) is 11.4 Å². The van der Waals surface area contributed by atoms with Crippen LogP contribution < -0.4 is 15.4 Å². The molecule has 2 N–H and O–H groups in total. The summed E-state index contributed by atoms with van der Waals surface area (Å²) < 4.78 is 7.28. The summed E-state index contributed by atoms with van der Waals surface area (Å²) in [6, 6.07) is 5.66. The molecule has 0 saturated carbocycles. The summed E-state index contributed by atoms with van der Waals surface area (Å²) in [5.74, 6) is 0.575. The van der Waals surface area contributed by atoms with Crippen LogP contribution in [0.1, 0.15) is 12.5 Å². The van der Waals surface area contributed by atoms with Gasteiger partial charge in [0.05, 0.1) is 11.9 Å². The van der Waals surface area contributed by atoms with Crippen molar-refractivity contribution in [1.29, 1.82) is 0 Å². The summed E-state index contributed by atoms with van der Waals surface area (Å²) in [4.78, 5) is 11.6. The van der Waals surface area contributed by atoms with E-state index in [0.717, 1.165) is 11.3 Å². The maximum atomic E-state index is 11.6. The zero-order valence-corrected chi connectivity index (χ0v) is 11.4. The molecule has 1 aliphatic rings. The van der Waals surface area contributed by atoms with Crippen molar-refractivity contribution < 1.29 is 9.53 Å². The zero-order valence-electron chi connectivity index (χ0n) is 11.4. The quantitative estimate of drug-likeness (QED) is 0.893. The third kappa shape index (κ3) is 2.45. The van der Waals surface area contributed by atoms with Crippen LogP contribution in [0.2, 0.25) is 0 Å². The molecule has 6 heteroatoms. The second kappa shape index (κ2) is 4.88. The predicted molar refractivity (Wildman–Crippen MR) is 75.7 cm³/mol. The summed E-state index contributed by atoms with van der Waals surface area (Å²) in [6.45, 7) is 2.41. The molecule has 3 rings (SSSR count). The number of carbonyl (C=O) groups excluding carboxylic acids is 1. The molecule has 1 aromatic heterocycles. The van der Waals surface area contributed by atoms with Crippen molar-refractivity contribution in [3.8, 4) is 5.75 Å². The lowest BCUT2D eigenvalue weighted by Crippen LogP contribution is -2.34. The van der Waals surface area contributed by atoms with Crippen molar-refractivity contribution in [1.82, 2.24) is 9.78 Å². The second-order valence-electron chi connectivity index (χ2n) is 4.84. The molecule has 0 spiro atoms. The van der Waals surface area contributed by atoms with Gasteiger partial charge < -0.3 is 15.4 Å². The Labute approximate surface area is 116 Å². The van der Waals surface area contributed by atoms with E-state index >= 15 is 0 Å². The molecule has 104 valence electrons. The van der Waals surface area contributed by atoms with Crippen molar-refractivity contribution >= 4 is 17.3 Å². The number of nitrogens with zero attached hydrogens (tertiary/aromatic N) is 2. The largest absolute Gasteiger partial charge is 0.479 e. The van der Waals surface area contributed by atoms with E-state index in [2.05, 4.69) is 15.7 Å². The highest BCUT2D eigenvalue weighted by molar-refractivity contribution is 5.98. The molecule has 1 unspecified atom stereocenters. The van der Waals surface area contributed by atoms with Gasteiger partial charge >= 0.3 is 0 Å². The monoisotopic (exact) mass is 272 g/mol.